The van der Waals surface area contributed by atoms with E-state index in [4.69, 9.17) is 9.39 Å². The quantitative estimate of drug-likeness (QED) is 0.465. The van der Waals surface area contributed by atoms with Crippen molar-refractivity contribution < 1.29 is 33.9 Å². The molecule has 3 heterocycles. The molecule has 154 valence electrons. The highest BCUT2D eigenvalue weighted by Gasteiger charge is 2.57. The summed E-state index contributed by atoms with van der Waals surface area (Å²) in [6, 6.07) is 2.54. The summed E-state index contributed by atoms with van der Waals surface area (Å²) in [7, 11) is 1.74. The average molecular weight is 403 g/mol. The molecular weight excluding hydrogens is 381 g/mol. The van der Waals surface area contributed by atoms with Gasteiger partial charge in [-0.2, -0.15) is 0 Å². The number of likely N-dealkylation sites (tertiary alicyclic amines) is 1. The van der Waals surface area contributed by atoms with Crippen LogP contribution in [0.25, 0.3) is 0 Å². The van der Waals surface area contributed by atoms with E-state index in [1.807, 2.05) is 7.05 Å². The van der Waals surface area contributed by atoms with E-state index < -0.39 is 30.6 Å². The smallest absolute Gasteiger partial charge is 0.534 e. The van der Waals surface area contributed by atoms with Crippen LogP contribution in [0.15, 0.2) is 12.1 Å². The van der Waals surface area contributed by atoms with E-state index in [2.05, 4.69) is 10.2 Å². The number of hydrogen-bond donors (Lipinski definition) is 3. The highest BCUT2D eigenvalue weighted by molar-refractivity contribution is 6.47. The third kappa shape index (κ3) is 3.01. The molecule has 3 amide bonds. The molecular formula is C18H22BN3O7. The first-order valence-corrected chi connectivity index (χ1v) is 9.39. The first-order chi connectivity index (χ1) is 13.8. The van der Waals surface area contributed by atoms with Crippen molar-refractivity contribution in [3.8, 4) is 11.5 Å². The molecule has 11 heteroatoms. The molecule has 0 unspecified atom stereocenters. The Kier molecular flexibility index (Phi) is 4.66. The monoisotopic (exact) mass is 403 g/mol. The first kappa shape index (κ1) is 19.5. The van der Waals surface area contributed by atoms with Crippen molar-refractivity contribution in [2.45, 2.75) is 30.7 Å². The van der Waals surface area contributed by atoms with Crippen LogP contribution in [0.1, 0.15) is 28.8 Å². The zero-order valence-electron chi connectivity index (χ0n) is 16.2. The number of carbonyl (C=O) groups is 3. The molecule has 0 radical (unpaired) electrons. The van der Waals surface area contributed by atoms with Gasteiger partial charge < -0.3 is 29.7 Å². The number of aromatic carboxylic acids is 1. The fourth-order valence-electron chi connectivity index (χ4n) is 4.30. The lowest BCUT2D eigenvalue weighted by atomic mass is 9.71. The Morgan fingerprint density at radius 1 is 1.34 bits per heavy atom. The minimum atomic E-state index is -1.55. The fourth-order valence-corrected chi connectivity index (χ4v) is 4.30. The summed E-state index contributed by atoms with van der Waals surface area (Å²) in [4.78, 5) is 40.6. The van der Waals surface area contributed by atoms with Crippen LogP contribution >= 0.6 is 0 Å². The summed E-state index contributed by atoms with van der Waals surface area (Å²) in [6.45, 7) is 1.35. The number of carbonyl (C=O) groups excluding carboxylic acids is 2. The summed E-state index contributed by atoms with van der Waals surface area (Å²) in [5.41, 5.74) is -0.690. The number of rotatable bonds is 3. The van der Waals surface area contributed by atoms with Crippen LogP contribution in [-0.2, 0) is 11.2 Å². The summed E-state index contributed by atoms with van der Waals surface area (Å²) in [5.74, 6) is -2.50. The van der Waals surface area contributed by atoms with Gasteiger partial charge in [0.2, 0.25) is 0 Å². The molecule has 3 N–H and O–H groups in total. The minimum Gasteiger partial charge on any atom is -0.534 e. The molecule has 2 saturated heterocycles. The molecule has 0 aliphatic carbocycles. The Morgan fingerprint density at radius 3 is 2.66 bits per heavy atom. The predicted molar refractivity (Wildman–Crippen MR) is 101 cm³/mol. The lowest BCUT2D eigenvalue weighted by Crippen LogP contribution is -2.58. The molecule has 3 aliphatic rings. The Labute approximate surface area is 167 Å². The maximum Gasteiger partial charge on any atom is 0.547 e. The number of benzene rings is 1. The third-order valence-corrected chi connectivity index (χ3v) is 6.00. The predicted octanol–water partition coefficient (Wildman–Crippen LogP) is -0.267. The number of ether oxygens (including phenoxy) is 1. The van der Waals surface area contributed by atoms with Gasteiger partial charge in [0.25, 0.3) is 5.91 Å². The van der Waals surface area contributed by atoms with Gasteiger partial charge in [-0.3, -0.25) is 9.69 Å². The molecule has 2 fully saturated rings. The number of carboxylic acids is 1. The van der Waals surface area contributed by atoms with E-state index in [-0.39, 0.29) is 29.4 Å². The standard InChI is InChI=1S/C18H22BN3O7/c1-21-7-5-18(6-8-21)16(25)22(17(26)20-18)12-9-10-3-4-11(28-2)13(15(23)24)14(10)29-19(12)27/h3-4,12,27H,5-9H2,1-2H3,(H,20,26)(H,23,24)/t12-/m0/s1. The van der Waals surface area contributed by atoms with Gasteiger partial charge in [0.15, 0.2) is 0 Å². The molecule has 1 spiro atoms. The molecule has 29 heavy (non-hydrogen) atoms. The number of fused-ring (bicyclic) bond motifs is 1. The summed E-state index contributed by atoms with van der Waals surface area (Å²) in [5, 5.41) is 22.9. The largest absolute Gasteiger partial charge is 0.547 e. The number of imide groups is 1. The molecule has 1 aromatic carbocycles. The molecule has 10 nitrogen and oxygen atoms in total. The number of nitrogens with zero attached hydrogens (tertiary/aromatic N) is 2. The number of urea groups is 1. The SMILES string of the molecule is COc1ccc2c(c1C(=O)O)OB(O)[C@@H](N1C(=O)NC3(CCN(C)CC3)C1=O)C2. The van der Waals surface area contributed by atoms with E-state index in [0.717, 1.165) is 4.90 Å². The summed E-state index contributed by atoms with van der Waals surface area (Å²) in [6.07, 6.45) is 1.06. The van der Waals surface area contributed by atoms with Crippen molar-refractivity contribution in [3.05, 3.63) is 23.3 Å². The van der Waals surface area contributed by atoms with Gasteiger partial charge >= 0.3 is 19.1 Å². The van der Waals surface area contributed by atoms with Gasteiger partial charge in [0.05, 0.1) is 13.1 Å². The molecule has 1 atom stereocenters. The van der Waals surface area contributed by atoms with Gasteiger partial charge in [0.1, 0.15) is 22.6 Å². The Bertz CT molecular complexity index is 884. The maximum atomic E-state index is 13.2. The van der Waals surface area contributed by atoms with Crippen molar-refractivity contribution in [1.82, 2.24) is 15.1 Å². The molecule has 0 aromatic heterocycles. The number of hydrogen-bond acceptors (Lipinski definition) is 7. The molecule has 0 bridgehead atoms. The van der Waals surface area contributed by atoms with Crippen molar-refractivity contribution in [3.63, 3.8) is 0 Å². The number of amides is 3. The zero-order valence-corrected chi connectivity index (χ0v) is 16.2. The fraction of sp³-hybridized carbons (Fsp3) is 0.500. The molecule has 4 rings (SSSR count). The van der Waals surface area contributed by atoms with Gasteiger partial charge in [-0.25, -0.2) is 9.59 Å². The molecule has 3 aliphatic heterocycles. The van der Waals surface area contributed by atoms with Crippen molar-refractivity contribution in [2.24, 2.45) is 0 Å². The van der Waals surface area contributed by atoms with E-state index in [1.165, 1.54) is 13.2 Å². The van der Waals surface area contributed by atoms with E-state index in [9.17, 15) is 24.5 Å². The average Bonchev–Trinajstić information content (AvgIpc) is 2.92. The topological polar surface area (TPSA) is 129 Å². The molecule has 1 aromatic rings. The van der Waals surface area contributed by atoms with Crippen molar-refractivity contribution in [1.29, 1.82) is 0 Å². The second-order valence-electron chi connectivity index (χ2n) is 7.71. The lowest BCUT2D eigenvalue weighted by Gasteiger charge is -2.37. The van der Waals surface area contributed by atoms with E-state index in [1.54, 1.807) is 6.07 Å². The van der Waals surface area contributed by atoms with Crippen LogP contribution in [0.5, 0.6) is 11.5 Å². The van der Waals surface area contributed by atoms with E-state index >= 15 is 0 Å². The van der Waals surface area contributed by atoms with Gasteiger partial charge in [-0.1, -0.05) is 6.07 Å². The highest BCUT2D eigenvalue weighted by atomic mass is 16.5. The Morgan fingerprint density at radius 2 is 2.03 bits per heavy atom. The van der Waals surface area contributed by atoms with Crippen LogP contribution in [-0.4, -0.2) is 83.7 Å². The number of methoxy groups -OCH3 is 1. The van der Waals surface area contributed by atoms with Crippen LogP contribution in [0.3, 0.4) is 0 Å². The number of nitrogens with one attached hydrogen (secondary N) is 1. The second kappa shape index (κ2) is 6.92. The highest BCUT2D eigenvalue weighted by Crippen LogP contribution is 2.39. The number of piperidine rings is 1. The van der Waals surface area contributed by atoms with Gasteiger partial charge in [-0.15, -0.1) is 0 Å². The van der Waals surface area contributed by atoms with Crippen LogP contribution < -0.4 is 14.7 Å². The third-order valence-electron chi connectivity index (χ3n) is 6.00. The Balaban J connectivity index is 1.65. The van der Waals surface area contributed by atoms with Gasteiger partial charge in [-0.05, 0) is 37.9 Å². The summed E-state index contributed by atoms with van der Waals surface area (Å²) >= 11 is 0. The second-order valence-corrected chi connectivity index (χ2v) is 7.71. The van der Waals surface area contributed by atoms with Crippen LogP contribution in [0.2, 0.25) is 0 Å². The van der Waals surface area contributed by atoms with Crippen LogP contribution in [0.4, 0.5) is 4.79 Å². The maximum absolute atomic E-state index is 13.2. The first-order valence-electron chi connectivity index (χ1n) is 9.39. The van der Waals surface area contributed by atoms with Gasteiger partial charge in [0, 0.05) is 13.1 Å². The van der Waals surface area contributed by atoms with Crippen molar-refractivity contribution >= 4 is 25.0 Å². The van der Waals surface area contributed by atoms with Crippen LogP contribution in [0, 0.1) is 0 Å². The van der Waals surface area contributed by atoms with Crippen molar-refractivity contribution in [2.75, 3.05) is 27.2 Å². The lowest BCUT2D eigenvalue weighted by molar-refractivity contribution is -0.133. The minimum absolute atomic E-state index is 0.0124. The summed E-state index contributed by atoms with van der Waals surface area (Å²) < 4.78 is 10.6. The normalized spacial score (nSPS) is 23.6. The zero-order chi connectivity index (χ0) is 20.9. The molecule has 0 saturated carbocycles. The number of carboxylic acid groups (broad SMARTS) is 1. The Hall–Kier alpha value is -2.79. The van der Waals surface area contributed by atoms with E-state index in [0.29, 0.717) is 31.5 Å².